The molecule has 0 bridgehead atoms. The fraction of sp³-hybridized carbons (Fsp3) is 0.200. The van der Waals surface area contributed by atoms with Crippen LogP contribution in [0.25, 0.3) is 22.0 Å². The third kappa shape index (κ3) is 6.20. The third-order valence-electron chi connectivity index (χ3n) is 5.43. The monoisotopic (exact) mass is 552 g/mol. The van der Waals surface area contributed by atoms with Gasteiger partial charge in [0, 0.05) is 29.9 Å². The molecule has 194 valence electrons. The van der Waals surface area contributed by atoms with Crippen LogP contribution in [-0.2, 0) is 18.0 Å². The zero-order chi connectivity index (χ0) is 27.5. The number of amides is 1. The van der Waals surface area contributed by atoms with E-state index in [1.54, 1.807) is 43.5 Å². The first-order valence-corrected chi connectivity index (χ1v) is 11.5. The standard InChI is InChI=1S/C16H14F3N3.C9H7Cl2NO3/c1-9-6-7-11(12-5-4-8-20-14(9)12)13-10(2)22(3)21-15(13)16(17,18)19;10-5-2-1-3-6(11)8(5)9(15)12-4-7(13)14/h4-8H,1-3H3;1-3H,4H2,(H,12,15)(H,13,14). The van der Waals surface area contributed by atoms with Crippen LogP contribution in [0.2, 0.25) is 10.0 Å². The third-order valence-corrected chi connectivity index (χ3v) is 6.06. The second-order valence-corrected chi connectivity index (χ2v) is 8.75. The summed E-state index contributed by atoms with van der Waals surface area (Å²) in [5.41, 5.74) is 1.95. The summed E-state index contributed by atoms with van der Waals surface area (Å²) in [7, 11) is 1.52. The molecular formula is C25H21Cl2F3N4O3. The molecule has 12 heteroatoms. The number of benzene rings is 2. The van der Waals surface area contributed by atoms with Crippen LogP contribution < -0.4 is 5.32 Å². The number of alkyl halides is 3. The lowest BCUT2D eigenvalue weighted by molar-refractivity contribution is -0.141. The minimum atomic E-state index is -4.50. The van der Waals surface area contributed by atoms with Gasteiger partial charge >= 0.3 is 12.1 Å². The summed E-state index contributed by atoms with van der Waals surface area (Å²) in [6, 6.07) is 11.6. The van der Waals surface area contributed by atoms with Crippen LogP contribution in [0.15, 0.2) is 48.7 Å². The minimum Gasteiger partial charge on any atom is -0.480 e. The Balaban J connectivity index is 0.000000222. The van der Waals surface area contributed by atoms with Crippen LogP contribution in [-0.4, -0.2) is 38.3 Å². The summed E-state index contributed by atoms with van der Waals surface area (Å²) in [6.45, 7) is 3.06. The van der Waals surface area contributed by atoms with Crippen molar-refractivity contribution in [2.75, 3.05) is 6.54 Å². The number of hydrogen-bond donors (Lipinski definition) is 2. The van der Waals surface area contributed by atoms with Crippen LogP contribution in [0, 0.1) is 13.8 Å². The van der Waals surface area contributed by atoms with Crippen molar-refractivity contribution in [2.24, 2.45) is 7.05 Å². The molecule has 7 nitrogen and oxygen atoms in total. The summed E-state index contributed by atoms with van der Waals surface area (Å²) < 4.78 is 41.2. The van der Waals surface area contributed by atoms with Gasteiger partial charge in [-0.25, -0.2) is 0 Å². The number of carboxylic acid groups (broad SMARTS) is 1. The quantitative estimate of drug-likeness (QED) is 0.320. The molecule has 0 spiro atoms. The molecule has 0 radical (unpaired) electrons. The van der Waals surface area contributed by atoms with Crippen LogP contribution in [0.5, 0.6) is 0 Å². The Morgan fingerprint density at radius 3 is 2.30 bits per heavy atom. The Morgan fingerprint density at radius 1 is 1.05 bits per heavy atom. The molecule has 0 aliphatic heterocycles. The number of fused-ring (bicyclic) bond motifs is 1. The summed E-state index contributed by atoms with van der Waals surface area (Å²) >= 11 is 11.5. The number of halogens is 5. The number of aryl methyl sites for hydroxylation is 2. The summed E-state index contributed by atoms with van der Waals surface area (Å²) in [5.74, 6) is -1.74. The average Bonchev–Trinajstić information content (AvgIpc) is 3.13. The maximum atomic E-state index is 13.3. The Bertz CT molecular complexity index is 1470. The van der Waals surface area contributed by atoms with Crippen LogP contribution in [0.4, 0.5) is 13.2 Å². The average molecular weight is 553 g/mol. The Labute approximate surface area is 219 Å². The van der Waals surface area contributed by atoms with Crippen LogP contribution in [0.1, 0.15) is 27.3 Å². The van der Waals surface area contributed by atoms with Gasteiger partial charge in [0.2, 0.25) is 0 Å². The number of aliphatic carboxylic acids is 1. The zero-order valence-corrected chi connectivity index (χ0v) is 21.3. The van der Waals surface area contributed by atoms with Gasteiger partial charge in [0.05, 0.1) is 21.1 Å². The number of carbonyl (C=O) groups is 2. The summed E-state index contributed by atoms with van der Waals surface area (Å²) in [5, 5.41) is 15.3. The predicted octanol–water partition coefficient (Wildman–Crippen LogP) is 6.08. The Hall–Kier alpha value is -3.63. The van der Waals surface area contributed by atoms with E-state index in [0.29, 0.717) is 22.2 Å². The van der Waals surface area contributed by atoms with E-state index in [-0.39, 0.29) is 21.2 Å². The molecule has 2 N–H and O–H groups in total. The molecule has 0 aliphatic carbocycles. The van der Waals surface area contributed by atoms with E-state index in [4.69, 9.17) is 28.3 Å². The van der Waals surface area contributed by atoms with Gasteiger partial charge in [-0.05, 0) is 43.2 Å². The molecule has 0 saturated carbocycles. The van der Waals surface area contributed by atoms with Crippen LogP contribution in [0.3, 0.4) is 0 Å². The fourth-order valence-electron chi connectivity index (χ4n) is 3.62. The maximum Gasteiger partial charge on any atom is 0.435 e. The normalized spacial score (nSPS) is 11.1. The lowest BCUT2D eigenvalue weighted by Gasteiger charge is -2.11. The van der Waals surface area contributed by atoms with E-state index in [1.165, 1.54) is 23.9 Å². The molecule has 2 aromatic carbocycles. The number of nitrogens with zero attached hydrogens (tertiary/aromatic N) is 3. The molecule has 0 fully saturated rings. The molecule has 0 saturated heterocycles. The molecular weight excluding hydrogens is 532 g/mol. The molecule has 2 heterocycles. The zero-order valence-electron chi connectivity index (χ0n) is 19.8. The Kier molecular flexibility index (Phi) is 8.45. The van der Waals surface area contributed by atoms with Gasteiger partial charge in [0.1, 0.15) is 6.54 Å². The summed E-state index contributed by atoms with van der Waals surface area (Å²) in [6.07, 6.45) is -2.86. The number of nitrogens with one attached hydrogen (secondary N) is 1. The Morgan fingerprint density at radius 2 is 1.70 bits per heavy atom. The molecule has 2 aromatic heterocycles. The first kappa shape index (κ1) is 27.9. The largest absolute Gasteiger partial charge is 0.480 e. The highest BCUT2D eigenvalue weighted by Crippen LogP contribution is 2.40. The second kappa shape index (κ2) is 11.2. The van der Waals surface area contributed by atoms with Crippen molar-refractivity contribution in [1.29, 1.82) is 0 Å². The maximum absolute atomic E-state index is 13.3. The SMILES string of the molecule is Cc1ccc(-c2c(C(F)(F)F)nn(C)c2C)c2cccnc12.O=C(O)CNC(=O)c1c(Cl)cccc1Cl. The topological polar surface area (TPSA) is 97.1 Å². The second-order valence-electron chi connectivity index (χ2n) is 7.93. The number of hydrogen-bond acceptors (Lipinski definition) is 4. The van der Waals surface area contributed by atoms with Gasteiger partial charge in [0.15, 0.2) is 5.69 Å². The van der Waals surface area contributed by atoms with Crippen molar-refractivity contribution in [1.82, 2.24) is 20.1 Å². The molecule has 0 aliphatic rings. The van der Waals surface area contributed by atoms with Crippen molar-refractivity contribution in [2.45, 2.75) is 20.0 Å². The van der Waals surface area contributed by atoms with Gasteiger partial charge in [-0.2, -0.15) is 18.3 Å². The van der Waals surface area contributed by atoms with Gasteiger partial charge in [-0.1, -0.05) is 47.5 Å². The molecule has 1 amide bonds. The molecule has 0 atom stereocenters. The highest BCUT2D eigenvalue weighted by atomic mass is 35.5. The van der Waals surface area contributed by atoms with E-state index < -0.39 is 30.3 Å². The molecule has 37 heavy (non-hydrogen) atoms. The first-order chi connectivity index (χ1) is 17.3. The van der Waals surface area contributed by atoms with E-state index >= 15 is 0 Å². The lowest BCUT2D eigenvalue weighted by Crippen LogP contribution is -2.29. The van der Waals surface area contributed by atoms with E-state index in [2.05, 4.69) is 15.4 Å². The highest BCUT2D eigenvalue weighted by molar-refractivity contribution is 6.39. The van der Waals surface area contributed by atoms with E-state index in [1.807, 2.05) is 6.92 Å². The van der Waals surface area contributed by atoms with Gasteiger partial charge < -0.3 is 10.4 Å². The fourth-order valence-corrected chi connectivity index (χ4v) is 4.19. The van der Waals surface area contributed by atoms with E-state index in [9.17, 15) is 22.8 Å². The molecule has 4 rings (SSSR count). The first-order valence-electron chi connectivity index (χ1n) is 10.7. The predicted molar refractivity (Wildman–Crippen MR) is 135 cm³/mol. The van der Waals surface area contributed by atoms with Crippen molar-refractivity contribution in [3.8, 4) is 11.1 Å². The van der Waals surface area contributed by atoms with E-state index in [0.717, 1.165) is 5.56 Å². The van der Waals surface area contributed by atoms with Crippen molar-refractivity contribution < 1.29 is 27.9 Å². The molecule has 4 aromatic rings. The van der Waals surface area contributed by atoms with Gasteiger partial charge in [-0.15, -0.1) is 0 Å². The van der Waals surface area contributed by atoms with Crippen LogP contribution >= 0.6 is 23.2 Å². The smallest absolute Gasteiger partial charge is 0.435 e. The number of carbonyl (C=O) groups excluding carboxylic acids is 1. The minimum absolute atomic E-state index is 0.0853. The number of carboxylic acids is 1. The van der Waals surface area contributed by atoms with Crippen molar-refractivity contribution >= 4 is 46.0 Å². The van der Waals surface area contributed by atoms with Crippen molar-refractivity contribution in [3.05, 3.63) is 81.2 Å². The highest BCUT2D eigenvalue weighted by Gasteiger charge is 2.39. The number of rotatable bonds is 4. The summed E-state index contributed by atoms with van der Waals surface area (Å²) in [4.78, 5) is 26.0. The molecule has 0 unspecified atom stereocenters. The lowest BCUT2D eigenvalue weighted by atomic mass is 9.96. The van der Waals surface area contributed by atoms with Gasteiger partial charge in [-0.3, -0.25) is 19.3 Å². The van der Waals surface area contributed by atoms with Crippen molar-refractivity contribution in [3.63, 3.8) is 0 Å². The number of pyridine rings is 1. The van der Waals surface area contributed by atoms with Gasteiger partial charge in [0.25, 0.3) is 5.91 Å². The number of aromatic nitrogens is 3.